The first-order valence-electron chi connectivity index (χ1n) is 8.69. The maximum absolute atomic E-state index is 12.3. The minimum absolute atomic E-state index is 0.176. The van der Waals surface area contributed by atoms with Gasteiger partial charge in [-0.2, -0.15) is 0 Å². The molecule has 2 N–H and O–H groups in total. The lowest BCUT2D eigenvalue weighted by Crippen LogP contribution is -2.23. The van der Waals surface area contributed by atoms with E-state index in [4.69, 9.17) is 0 Å². The Morgan fingerprint density at radius 3 is 2.04 bits per heavy atom. The van der Waals surface area contributed by atoms with Gasteiger partial charge < -0.3 is 10.6 Å². The van der Waals surface area contributed by atoms with Crippen molar-refractivity contribution in [2.24, 2.45) is 0 Å². The van der Waals surface area contributed by atoms with E-state index in [1.54, 1.807) is 12.3 Å². The van der Waals surface area contributed by atoms with Gasteiger partial charge in [0, 0.05) is 25.0 Å². The largest absolute Gasteiger partial charge is 0.381 e. The molecule has 0 unspecified atom stereocenters. The average Bonchev–Trinajstić information content (AvgIpc) is 2.67. The van der Waals surface area contributed by atoms with Crippen LogP contribution in [0, 0.1) is 13.8 Å². The van der Waals surface area contributed by atoms with Crippen molar-refractivity contribution >= 4 is 11.6 Å². The summed E-state index contributed by atoms with van der Waals surface area (Å²) in [4.78, 5) is 16.5. The van der Waals surface area contributed by atoms with Gasteiger partial charge in [-0.1, -0.05) is 59.7 Å². The third-order valence-corrected chi connectivity index (χ3v) is 4.18. The van der Waals surface area contributed by atoms with E-state index < -0.39 is 0 Å². The van der Waals surface area contributed by atoms with Crippen LogP contribution < -0.4 is 10.6 Å². The fraction of sp³-hybridized carbons (Fsp3) is 0.182. The Morgan fingerprint density at radius 2 is 1.42 bits per heavy atom. The van der Waals surface area contributed by atoms with Gasteiger partial charge in [0.15, 0.2) is 0 Å². The van der Waals surface area contributed by atoms with Crippen molar-refractivity contribution in [3.63, 3.8) is 0 Å². The van der Waals surface area contributed by atoms with Crippen LogP contribution in [0.25, 0.3) is 0 Å². The molecule has 0 aliphatic carbocycles. The van der Waals surface area contributed by atoms with Crippen molar-refractivity contribution in [2.45, 2.75) is 26.9 Å². The number of benzene rings is 2. The first-order valence-corrected chi connectivity index (χ1v) is 8.69. The number of hydrogen-bond donors (Lipinski definition) is 2. The van der Waals surface area contributed by atoms with E-state index in [2.05, 4.69) is 46.8 Å². The van der Waals surface area contributed by atoms with Gasteiger partial charge in [0.25, 0.3) is 5.91 Å². The number of nitrogens with zero attached hydrogens (tertiary/aromatic N) is 1. The summed E-state index contributed by atoms with van der Waals surface area (Å²) in [7, 11) is 0. The number of aryl methyl sites for hydroxylation is 2. The second-order valence-electron chi connectivity index (χ2n) is 6.44. The fourth-order valence-electron chi connectivity index (χ4n) is 2.55. The zero-order valence-electron chi connectivity index (χ0n) is 15.1. The summed E-state index contributed by atoms with van der Waals surface area (Å²) in [6.45, 7) is 5.31. The molecule has 0 fully saturated rings. The summed E-state index contributed by atoms with van der Waals surface area (Å²) in [5.41, 5.74) is 5.99. The Kier molecular flexibility index (Phi) is 5.64. The van der Waals surface area contributed by atoms with E-state index in [1.165, 1.54) is 16.7 Å². The van der Waals surface area contributed by atoms with Gasteiger partial charge in [-0.15, -0.1) is 0 Å². The van der Waals surface area contributed by atoms with E-state index in [0.29, 0.717) is 18.8 Å². The van der Waals surface area contributed by atoms with Crippen molar-refractivity contribution in [2.75, 3.05) is 5.32 Å². The smallest absolute Gasteiger partial charge is 0.270 e. The number of aromatic nitrogens is 1. The van der Waals surface area contributed by atoms with Gasteiger partial charge in [-0.05, 0) is 37.1 Å². The zero-order chi connectivity index (χ0) is 18.4. The molecule has 0 saturated heterocycles. The van der Waals surface area contributed by atoms with Crippen LogP contribution >= 0.6 is 0 Å². The summed E-state index contributed by atoms with van der Waals surface area (Å²) in [5, 5.41) is 6.25. The van der Waals surface area contributed by atoms with E-state index in [-0.39, 0.29) is 5.91 Å². The highest BCUT2D eigenvalue weighted by Crippen LogP contribution is 2.11. The summed E-state index contributed by atoms with van der Waals surface area (Å²) < 4.78 is 0. The Balaban J connectivity index is 1.58. The quantitative estimate of drug-likeness (QED) is 0.702. The molecule has 0 aliphatic rings. The Hall–Kier alpha value is -3.14. The first kappa shape index (κ1) is 17.7. The number of pyridine rings is 1. The number of carbonyl (C=O) groups excluding carboxylic acids is 1. The van der Waals surface area contributed by atoms with E-state index in [9.17, 15) is 4.79 Å². The van der Waals surface area contributed by atoms with E-state index in [1.807, 2.05) is 37.3 Å². The van der Waals surface area contributed by atoms with Crippen LogP contribution in [0.5, 0.6) is 0 Å². The van der Waals surface area contributed by atoms with Crippen LogP contribution in [0.1, 0.15) is 32.7 Å². The first-order chi connectivity index (χ1) is 12.6. The molecule has 2 aromatic carbocycles. The Morgan fingerprint density at radius 1 is 0.846 bits per heavy atom. The van der Waals surface area contributed by atoms with Crippen molar-refractivity contribution < 1.29 is 4.79 Å². The van der Waals surface area contributed by atoms with Gasteiger partial charge >= 0.3 is 0 Å². The average molecular weight is 345 g/mol. The minimum Gasteiger partial charge on any atom is -0.381 e. The van der Waals surface area contributed by atoms with Gasteiger partial charge in [-0.3, -0.25) is 9.78 Å². The van der Waals surface area contributed by atoms with Gasteiger partial charge in [-0.25, -0.2) is 0 Å². The van der Waals surface area contributed by atoms with Crippen molar-refractivity contribution in [1.29, 1.82) is 0 Å². The van der Waals surface area contributed by atoms with Crippen molar-refractivity contribution in [1.82, 2.24) is 10.3 Å². The highest BCUT2D eigenvalue weighted by Gasteiger charge is 2.08. The highest BCUT2D eigenvalue weighted by molar-refractivity contribution is 5.93. The van der Waals surface area contributed by atoms with Crippen LogP contribution in [0.2, 0.25) is 0 Å². The van der Waals surface area contributed by atoms with Crippen LogP contribution in [-0.4, -0.2) is 10.9 Å². The van der Waals surface area contributed by atoms with Crippen LogP contribution in [-0.2, 0) is 13.1 Å². The summed E-state index contributed by atoms with van der Waals surface area (Å²) in [6.07, 6.45) is 1.65. The highest BCUT2D eigenvalue weighted by atomic mass is 16.1. The van der Waals surface area contributed by atoms with Crippen LogP contribution in [0.4, 0.5) is 5.69 Å². The van der Waals surface area contributed by atoms with Crippen LogP contribution in [0.3, 0.4) is 0 Å². The topological polar surface area (TPSA) is 54.0 Å². The SMILES string of the molecule is Cc1ccc(CNC(=O)c2cc(NCc3ccc(C)cc3)ccn2)cc1. The molecule has 4 heteroatoms. The lowest BCUT2D eigenvalue weighted by atomic mass is 10.1. The lowest BCUT2D eigenvalue weighted by Gasteiger charge is -2.09. The molecule has 0 radical (unpaired) electrons. The molecule has 0 aliphatic heterocycles. The van der Waals surface area contributed by atoms with Gasteiger partial charge in [0.2, 0.25) is 0 Å². The molecule has 0 saturated carbocycles. The predicted octanol–water partition coefficient (Wildman–Crippen LogP) is 4.24. The maximum Gasteiger partial charge on any atom is 0.270 e. The lowest BCUT2D eigenvalue weighted by molar-refractivity contribution is 0.0946. The fourth-order valence-corrected chi connectivity index (χ4v) is 2.55. The molecule has 3 rings (SSSR count). The molecule has 1 heterocycles. The normalized spacial score (nSPS) is 10.4. The van der Waals surface area contributed by atoms with Gasteiger partial charge in [0.05, 0.1) is 0 Å². The summed E-state index contributed by atoms with van der Waals surface area (Å²) in [5.74, 6) is -0.176. The molecule has 132 valence electrons. The second-order valence-corrected chi connectivity index (χ2v) is 6.44. The molecular weight excluding hydrogens is 322 g/mol. The number of rotatable bonds is 6. The monoisotopic (exact) mass is 345 g/mol. The molecule has 1 aromatic heterocycles. The third kappa shape index (κ3) is 4.93. The number of nitrogens with one attached hydrogen (secondary N) is 2. The number of carbonyl (C=O) groups is 1. The van der Waals surface area contributed by atoms with E-state index >= 15 is 0 Å². The predicted molar refractivity (Wildman–Crippen MR) is 105 cm³/mol. The number of hydrogen-bond acceptors (Lipinski definition) is 3. The molecule has 26 heavy (non-hydrogen) atoms. The minimum atomic E-state index is -0.176. The summed E-state index contributed by atoms with van der Waals surface area (Å²) in [6, 6.07) is 20.1. The zero-order valence-corrected chi connectivity index (χ0v) is 15.1. The van der Waals surface area contributed by atoms with E-state index in [0.717, 1.165) is 11.3 Å². The standard InChI is InChI=1S/C22H23N3O/c1-16-3-7-18(8-4-16)14-24-20-11-12-23-21(13-20)22(26)25-15-19-9-5-17(2)6-10-19/h3-13H,14-15H2,1-2H3,(H,23,24)(H,25,26). The molecule has 0 bridgehead atoms. The number of amides is 1. The molecule has 0 atom stereocenters. The molecule has 4 nitrogen and oxygen atoms in total. The van der Waals surface area contributed by atoms with Crippen molar-refractivity contribution in [3.8, 4) is 0 Å². The maximum atomic E-state index is 12.3. The molecular formula is C22H23N3O. The second kappa shape index (κ2) is 8.30. The molecule has 3 aromatic rings. The summed E-state index contributed by atoms with van der Waals surface area (Å²) >= 11 is 0. The number of anilines is 1. The molecule has 1 amide bonds. The Bertz CT molecular complexity index is 871. The van der Waals surface area contributed by atoms with Gasteiger partial charge in [0.1, 0.15) is 5.69 Å². The Labute approximate surface area is 154 Å². The molecule has 0 spiro atoms. The third-order valence-electron chi connectivity index (χ3n) is 4.18. The van der Waals surface area contributed by atoms with Crippen molar-refractivity contribution in [3.05, 3.63) is 94.8 Å². The van der Waals surface area contributed by atoms with Crippen LogP contribution in [0.15, 0.2) is 66.9 Å².